The Hall–Kier alpha value is -1.67. The highest BCUT2D eigenvalue weighted by Crippen LogP contribution is 2.41. The molecule has 0 radical (unpaired) electrons. The predicted molar refractivity (Wildman–Crippen MR) is 95.5 cm³/mol. The highest BCUT2D eigenvalue weighted by Gasteiger charge is 2.27. The maximum atomic E-state index is 12.6. The summed E-state index contributed by atoms with van der Waals surface area (Å²) in [6.45, 7) is 3.38. The summed E-state index contributed by atoms with van der Waals surface area (Å²) in [5, 5.41) is 3.46. The maximum absolute atomic E-state index is 12.6. The molecule has 0 amide bonds. The number of nitrogens with zero attached hydrogens (tertiary/aromatic N) is 4. The van der Waals surface area contributed by atoms with E-state index in [1.54, 1.807) is 11.3 Å². The van der Waals surface area contributed by atoms with E-state index in [9.17, 15) is 13.6 Å². The summed E-state index contributed by atoms with van der Waals surface area (Å²) >= 11 is 1.78. The number of aromatic nitrogens is 3. The van der Waals surface area contributed by atoms with Gasteiger partial charge in [0.1, 0.15) is 5.69 Å². The summed E-state index contributed by atoms with van der Waals surface area (Å²) in [4.78, 5) is 22.8. The van der Waals surface area contributed by atoms with Crippen LogP contribution in [0.3, 0.4) is 0 Å². The van der Waals surface area contributed by atoms with Gasteiger partial charge in [-0.05, 0) is 44.7 Å². The Bertz CT molecular complexity index is 810. The number of thiazole rings is 1. The molecule has 0 N–H and O–H groups in total. The maximum Gasteiger partial charge on any atom is 0.280 e. The third-order valence-corrected chi connectivity index (χ3v) is 6.22. The first-order valence-corrected chi connectivity index (χ1v) is 9.97. The molecule has 2 aliphatic rings. The van der Waals surface area contributed by atoms with E-state index in [1.807, 2.05) is 0 Å². The summed E-state index contributed by atoms with van der Waals surface area (Å²) < 4.78 is 26.6. The smallest absolute Gasteiger partial charge is 0.280 e. The van der Waals surface area contributed by atoms with Gasteiger partial charge in [-0.25, -0.2) is 18.7 Å². The molecule has 5 nitrogen and oxygen atoms in total. The third-order valence-electron chi connectivity index (χ3n) is 5.17. The monoisotopic (exact) mass is 380 g/mol. The molecule has 2 aromatic heterocycles. The molecular formula is C18H22F2N4OS. The molecule has 0 bridgehead atoms. The van der Waals surface area contributed by atoms with E-state index in [1.165, 1.54) is 34.4 Å². The van der Waals surface area contributed by atoms with Gasteiger partial charge < -0.3 is 0 Å². The van der Waals surface area contributed by atoms with Gasteiger partial charge in [0.15, 0.2) is 0 Å². The molecule has 0 aromatic carbocycles. The quantitative estimate of drug-likeness (QED) is 0.771. The Morgan fingerprint density at radius 2 is 2.00 bits per heavy atom. The zero-order chi connectivity index (χ0) is 18.1. The summed E-state index contributed by atoms with van der Waals surface area (Å²) in [6.07, 6.45) is 3.10. The van der Waals surface area contributed by atoms with E-state index in [-0.39, 0.29) is 0 Å². The van der Waals surface area contributed by atoms with E-state index in [2.05, 4.69) is 15.3 Å². The second kappa shape index (κ2) is 7.52. The van der Waals surface area contributed by atoms with Crippen molar-refractivity contribution in [3.05, 3.63) is 44.5 Å². The molecule has 1 aliphatic carbocycles. The molecule has 1 saturated heterocycles. The van der Waals surface area contributed by atoms with E-state index in [0.717, 1.165) is 38.5 Å². The fourth-order valence-electron chi connectivity index (χ4n) is 3.44. The molecule has 0 atom stereocenters. The molecule has 0 unspecified atom stereocenters. The Morgan fingerprint density at radius 1 is 1.23 bits per heavy atom. The fraction of sp³-hybridized carbons (Fsp3) is 0.611. The van der Waals surface area contributed by atoms with Gasteiger partial charge in [0.25, 0.3) is 12.0 Å². The molecule has 2 fully saturated rings. The lowest BCUT2D eigenvalue weighted by molar-refractivity contribution is 0.144. The molecule has 3 heterocycles. The summed E-state index contributed by atoms with van der Waals surface area (Å²) in [7, 11) is 0. The lowest BCUT2D eigenvalue weighted by Crippen LogP contribution is -2.36. The molecule has 140 valence electrons. The Balaban J connectivity index is 1.28. The van der Waals surface area contributed by atoms with E-state index >= 15 is 0 Å². The Morgan fingerprint density at radius 3 is 2.65 bits per heavy atom. The molecule has 1 saturated carbocycles. The highest BCUT2D eigenvalue weighted by molar-refractivity contribution is 7.09. The van der Waals surface area contributed by atoms with Crippen molar-refractivity contribution in [2.24, 2.45) is 5.92 Å². The van der Waals surface area contributed by atoms with E-state index < -0.39 is 17.7 Å². The molecule has 0 spiro atoms. The van der Waals surface area contributed by atoms with Crippen molar-refractivity contribution in [1.29, 1.82) is 0 Å². The second-order valence-corrected chi connectivity index (χ2v) is 8.17. The van der Waals surface area contributed by atoms with Crippen LogP contribution in [0.15, 0.2) is 22.6 Å². The summed E-state index contributed by atoms with van der Waals surface area (Å²) in [6, 6.07) is 0.944. The fourth-order valence-corrected chi connectivity index (χ4v) is 4.43. The van der Waals surface area contributed by atoms with Gasteiger partial charge in [-0.1, -0.05) is 0 Å². The summed E-state index contributed by atoms with van der Waals surface area (Å²) in [5.74, 6) is 1.09. The van der Waals surface area contributed by atoms with Crippen LogP contribution in [0.4, 0.5) is 8.78 Å². The number of rotatable bonds is 6. The van der Waals surface area contributed by atoms with Gasteiger partial charge in [-0.3, -0.25) is 14.3 Å². The first-order valence-electron chi connectivity index (χ1n) is 9.09. The minimum absolute atomic E-state index is 0.376. The predicted octanol–water partition coefficient (Wildman–Crippen LogP) is 3.43. The van der Waals surface area contributed by atoms with Gasteiger partial charge in [0.2, 0.25) is 0 Å². The average Bonchev–Trinajstić information content (AvgIpc) is 3.38. The van der Waals surface area contributed by atoms with Gasteiger partial charge in [0.05, 0.1) is 17.0 Å². The van der Waals surface area contributed by atoms with Gasteiger partial charge >= 0.3 is 0 Å². The Labute approximate surface area is 154 Å². The average molecular weight is 380 g/mol. The second-order valence-electron chi connectivity index (χ2n) is 7.28. The van der Waals surface area contributed by atoms with E-state index in [0.29, 0.717) is 18.4 Å². The van der Waals surface area contributed by atoms with Gasteiger partial charge in [-0.15, -0.1) is 11.3 Å². The zero-order valence-electron chi connectivity index (χ0n) is 14.5. The van der Waals surface area contributed by atoms with Crippen molar-refractivity contribution < 1.29 is 8.78 Å². The first kappa shape index (κ1) is 17.7. The van der Waals surface area contributed by atoms with Gasteiger partial charge in [-0.2, -0.15) is 0 Å². The number of piperidine rings is 1. The van der Waals surface area contributed by atoms with Crippen molar-refractivity contribution in [1.82, 2.24) is 19.4 Å². The first-order chi connectivity index (χ1) is 12.6. The highest BCUT2D eigenvalue weighted by atomic mass is 32.1. The minimum Gasteiger partial charge on any atom is -0.299 e. The lowest BCUT2D eigenvalue weighted by atomic mass is 9.96. The molecular weight excluding hydrogens is 358 g/mol. The third kappa shape index (κ3) is 4.17. The molecule has 2 aromatic rings. The van der Waals surface area contributed by atoms with Crippen LogP contribution < -0.4 is 5.56 Å². The molecule has 4 rings (SSSR count). The standard InChI is InChI=1S/C18H22F2N4OS/c19-17(20)15-7-16(25)24(11-21-15)8-12-3-5-23(6-4-12)9-14-10-26-18(22-14)13-1-2-13/h7,10-13,17H,1-6,8-9H2. The minimum atomic E-state index is -2.70. The van der Waals surface area contributed by atoms with Crippen LogP contribution in [0.25, 0.3) is 0 Å². The van der Waals surface area contributed by atoms with Crippen LogP contribution in [-0.2, 0) is 13.1 Å². The van der Waals surface area contributed by atoms with Crippen molar-refractivity contribution in [3.63, 3.8) is 0 Å². The Kier molecular flexibility index (Phi) is 5.13. The van der Waals surface area contributed by atoms with Crippen molar-refractivity contribution in [3.8, 4) is 0 Å². The molecule has 8 heteroatoms. The normalized spacial score (nSPS) is 19.3. The van der Waals surface area contributed by atoms with Crippen molar-refractivity contribution in [2.75, 3.05) is 13.1 Å². The van der Waals surface area contributed by atoms with Crippen molar-refractivity contribution >= 4 is 11.3 Å². The van der Waals surface area contributed by atoms with E-state index in [4.69, 9.17) is 4.98 Å². The SMILES string of the molecule is O=c1cc(C(F)F)ncn1CC1CCN(Cc2csc(C3CC3)n2)CC1. The van der Waals surface area contributed by atoms with Crippen LogP contribution in [0.5, 0.6) is 0 Å². The topological polar surface area (TPSA) is 51.0 Å². The largest absolute Gasteiger partial charge is 0.299 e. The van der Waals surface area contributed by atoms with Crippen molar-refractivity contribution in [2.45, 2.75) is 51.1 Å². The van der Waals surface area contributed by atoms with Crippen LogP contribution in [0.2, 0.25) is 0 Å². The molecule has 26 heavy (non-hydrogen) atoms. The summed E-state index contributed by atoms with van der Waals surface area (Å²) in [5.41, 5.74) is 0.320. The number of hydrogen-bond acceptors (Lipinski definition) is 5. The van der Waals surface area contributed by atoms with Crippen LogP contribution in [0, 0.1) is 5.92 Å². The number of alkyl halides is 2. The van der Waals surface area contributed by atoms with Gasteiger partial charge in [0, 0.05) is 30.5 Å². The number of likely N-dealkylation sites (tertiary alicyclic amines) is 1. The van der Waals surface area contributed by atoms with Crippen LogP contribution in [-0.4, -0.2) is 32.5 Å². The van der Waals surface area contributed by atoms with Crippen LogP contribution in [0.1, 0.15) is 54.4 Å². The lowest BCUT2D eigenvalue weighted by Gasteiger charge is -2.31. The van der Waals surface area contributed by atoms with Crippen LogP contribution >= 0.6 is 11.3 Å². The molecule has 1 aliphatic heterocycles. The number of halogens is 2. The zero-order valence-corrected chi connectivity index (χ0v) is 15.3. The number of hydrogen-bond donors (Lipinski definition) is 0.